The van der Waals surface area contributed by atoms with Gasteiger partial charge in [0.2, 0.25) is 0 Å². The minimum atomic E-state index is -0.105. The van der Waals surface area contributed by atoms with E-state index in [2.05, 4.69) is 44.4 Å². The van der Waals surface area contributed by atoms with Crippen molar-refractivity contribution in [2.75, 3.05) is 12.8 Å². The maximum atomic E-state index is 11.9. The second kappa shape index (κ2) is 7.16. The number of nitrogen functional groups attached to an aromatic ring is 1. The van der Waals surface area contributed by atoms with E-state index in [0.717, 1.165) is 53.8 Å². The number of carbonyl (C=O) groups is 1. The quantitative estimate of drug-likeness (QED) is 0.524. The minimum Gasteiger partial charge on any atom is -0.469 e. The number of nitrogens with two attached hydrogens (primary N) is 1. The molecule has 1 aliphatic carbocycles. The van der Waals surface area contributed by atoms with Crippen LogP contribution in [0.4, 0.5) is 5.82 Å². The van der Waals surface area contributed by atoms with Gasteiger partial charge >= 0.3 is 5.97 Å². The molecule has 30 heavy (non-hydrogen) atoms. The molecule has 3 aromatic heterocycles. The van der Waals surface area contributed by atoms with Gasteiger partial charge in [0, 0.05) is 42.6 Å². The fourth-order valence-corrected chi connectivity index (χ4v) is 4.74. The van der Waals surface area contributed by atoms with Crippen LogP contribution in [-0.4, -0.2) is 32.0 Å². The van der Waals surface area contributed by atoms with Crippen molar-refractivity contribution < 1.29 is 9.53 Å². The number of fused-ring (bicyclic) bond motifs is 2. The van der Waals surface area contributed by atoms with Crippen LogP contribution in [0.25, 0.3) is 27.7 Å². The zero-order valence-corrected chi connectivity index (χ0v) is 17.2. The maximum Gasteiger partial charge on any atom is 0.308 e. The molecule has 1 aliphatic rings. The highest BCUT2D eigenvalue weighted by Gasteiger charge is 2.31. The van der Waals surface area contributed by atoms with E-state index in [1.165, 1.54) is 12.5 Å². The summed E-state index contributed by atoms with van der Waals surface area (Å²) in [6.45, 7) is 0. The number of nitrogens with zero attached hydrogens (tertiary/aromatic N) is 4. The van der Waals surface area contributed by atoms with Crippen molar-refractivity contribution in [3.8, 4) is 11.3 Å². The molecule has 0 atom stereocenters. The second-order valence-electron chi connectivity index (χ2n) is 8.12. The Balaban J connectivity index is 1.59. The summed E-state index contributed by atoms with van der Waals surface area (Å²) >= 11 is 0. The highest BCUT2D eigenvalue weighted by atomic mass is 16.5. The maximum absolute atomic E-state index is 11.9. The number of imidazole rings is 1. The van der Waals surface area contributed by atoms with E-state index in [4.69, 9.17) is 15.5 Å². The van der Waals surface area contributed by atoms with Gasteiger partial charge in [0.1, 0.15) is 22.9 Å². The van der Waals surface area contributed by atoms with Crippen LogP contribution in [-0.2, 0) is 16.6 Å². The molecular weight excluding hydrogens is 378 g/mol. The summed E-state index contributed by atoms with van der Waals surface area (Å²) in [5.41, 5.74) is 10.2. The van der Waals surface area contributed by atoms with Gasteiger partial charge in [0.15, 0.2) is 0 Å². The zero-order valence-electron chi connectivity index (χ0n) is 17.2. The molecule has 0 spiro atoms. The molecular formula is C23H25N5O2. The molecule has 0 unspecified atom stereocenters. The minimum absolute atomic E-state index is 0.0107. The number of aromatic nitrogens is 4. The van der Waals surface area contributed by atoms with E-state index in [1.54, 1.807) is 6.20 Å². The Labute approximate surface area is 174 Å². The van der Waals surface area contributed by atoms with Gasteiger partial charge in [-0.15, -0.1) is 0 Å². The number of ether oxygens (including phenoxy) is 1. The summed E-state index contributed by atoms with van der Waals surface area (Å²) in [5, 5.41) is 1.19. The van der Waals surface area contributed by atoms with E-state index in [1.807, 2.05) is 13.2 Å². The first kappa shape index (κ1) is 18.7. The lowest BCUT2D eigenvalue weighted by atomic mass is 9.81. The molecule has 1 fully saturated rings. The van der Waals surface area contributed by atoms with Crippen LogP contribution in [0.2, 0.25) is 0 Å². The third kappa shape index (κ3) is 2.93. The normalized spacial score (nSPS) is 19.4. The van der Waals surface area contributed by atoms with Crippen molar-refractivity contribution in [3.05, 3.63) is 48.7 Å². The molecule has 0 amide bonds. The number of hydrogen-bond acceptors (Lipinski definition) is 5. The van der Waals surface area contributed by atoms with E-state index >= 15 is 0 Å². The van der Waals surface area contributed by atoms with Gasteiger partial charge < -0.3 is 15.0 Å². The number of aryl methyl sites for hydroxylation is 1. The van der Waals surface area contributed by atoms with Gasteiger partial charge in [-0.25, -0.2) is 9.97 Å². The Morgan fingerprint density at radius 2 is 1.97 bits per heavy atom. The van der Waals surface area contributed by atoms with Crippen molar-refractivity contribution in [1.82, 2.24) is 18.9 Å². The highest BCUT2D eigenvalue weighted by Crippen LogP contribution is 2.39. The van der Waals surface area contributed by atoms with Crippen molar-refractivity contribution in [1.29, 1.82) is 0 Å². The van der Waals surface area contributed by atoms with Gasteiger partial charge in [0.05, 0.1) is 13.0 Å². The lowest BCUT2D eigenvalue weighted by Gasteiger charge is -2.26. The number of carbonyl (C=O) groups excluding carboxylic acids is 1. The fraction of sp³-hybridized carbons (Fsp3) is 0.348. The molecule has 1 aromatic carbocycles. The molecule has 0 bridgehead atoms. The summed E-state index contributed by atoms with van der Waals surface area (Å²) in [6, 6.07) is 8.46. The molecule has 7 nitrogen and oxygen atoms in total. The Morgan fingerprint density at radius 3 is 2.73 bits per heavy atom. The van der Waals surface area contributed by atoms with E-state index in [9.17, 15) is 4.79 Å². The van der Waals surface area contributed by atoms with E-state index < -0.39 is 0 Å². The number of anilines is 1. The largest absolute Gasteiger partial charge is 0.469 e. The molecule has 1 saturated carbocycles. The van der Waals surface area contributed by atoms with Crippen LogP contribution in [0.5, 0.6) is 0 Å². The number of methoxy groups -OCH3 is 1. The molecule has 2 N–H and O–H groups in total. The lowest BCUT2D eigenvalue weighted by molar-refractivity contribution is -0.146. The summed E-state index contributed by atoms with van der Waals surface area (Å²) in [5.74, 6) is 1.62. The van der Waals surface area contributed by atoms with Crippen LogP contribution in [0, 0.1) is 5.92 Å². The molecule has 7 heteroatoms. The topological polar surface area (TPSA) is 87.4 Å². The van der Waals surface area contributed by atoms with Crippen molar-refractivity contribution in [2.45, 2.75) is 31.6 Å². The highest BCUT2D eigenvalue weighted by molar-refractivity contribution is 5.91. The molecule has 3 heterocycles. The smallest absolute Gasteiger partial charge is 0.308 e. The van der Waals surface area contributed by atoms with Gasteiger partial charge in [-0.05, 0) is 43.2 Å². The SMILES string of the molecule is COC(=O)C1CCC(c2nc(-c3ccc4ccn(C)c4c3)c3c(N)nccn23)CC1. The summed E-state index contributed by atoms with van der Waals surface area (Å²) in [6.07, 6.45) is 9.15. The van der Waals surface area contributed by atoms with Crippen LogP contribution < -0.4 is 5.73 Å². The predicted octanol–water partition coefficient (Wildman–Crippen LogP) is 3.92. The summed E-state index contributed by atoms with van der Waals surface area (Å²) in [7, 11) is 3.50. The van der Waals surface area contributed by atoms with E-state index in [-0.39, 0.29) is 17.8 Å². The third-order valence-corrected chi connectivity index (χ3v) is 6.40. The van der Waals surface area contributed by atoms with Crippen LogP contribution in [0.15, 0.2) is 42.9 Å². The number of rotatable bonds is 3. The van der Waals surface area contributed by atoms with Gasteiger partial charge in [0.25, 0.3) is 0 Å². The Bertz CT molecular complexity index is 1250. The van der Waals surface area contributed by atoms with Gasteiger partial charge in [-0.3, -0.25) is 9.20 Å². The first-order valence-electron chi connectivity index (χ1n) is 10.3. The fourth-order valence-electron chi connectivity index (χ4n) is 4.74. The first-order chi connectivity index (χ1) is 14.6. The molecule has 5 rings (SSSR count). The molecule has 0 saturated heterocycles. The average Bonchev–Trinajstić information content (AvgIpc) is 3.35. The summed E-state index contributed by atoms with van der Waals surface area (Å²) in [4.78, 5) is 21.3. The molecule has 4 aromatic rings. The zero-order chi connectivity index (χ0) is 20.8. The van der Waals surface area contributed by atoms with Gasteiger partial charge in [-0.1, -0.05) is 12.1 Å². The van der Waals surface area contributed by atoms with Gasteiger partial charge in [-0.2, -0.15) is 0 Å². The average molecular weight is 403 g/mol. The predicted molar refractivity (Wildman–Crippen MR) is 116 cm³/mol. The van der Waals surface area contributed by atoms with E-state index in [0.29, 0.717) is 5.82 Å². The molecule has 0 radical (unpaired) electrons. The Morgan fingerprint density at radius 1 is 1.17 bits per heavy atom. The van der Waals surface area contributed by atoms with Crippen molar-refractivity contribution >= 4 is 28.2 Å². The third-order valence-electron chi connectivity index (χ3n) is 6.40. The number of esters is 1. The number of hydrogen-bond donors (Lipinski definition) is 1. The Hall–Kier alpha value is -3.35. The van der Waals surface area contributed by atoms with Crippen molar-refractivity contribution in [3.63, 3.8) is 0 Å². The molecule has 154 valence electrons. The van der Waals surface area contributed by atoms with Crippen LogP contribution >= 0.6 is 0 Å². The first-order valence-corrected chi connectivity index (χ1v) is 10.3. The Kier molecular flexibility index (Phi) is 4.46. The summed E-state index contributed by atoms with van der Waals surface area (Å²) < 4.78 is 9.11. The standard InChI is InChI=1S/C23H25N5O2/c1-27-11-9-14-3-8-17(13-18(14)27)19-20-21(24)25-10-12-28(20)22(26-19)15-4-6-16(7-5-15)23(29)30-2/h3,8-13,15-16H,4-7H2,1-2H3,(H2,24,25). The molecule has 0 aliphatic heterocycles. The van der Waals surface area contributed by atoms with Crippen LogP contribution in [0.1, 0.15) is 37.4 Å². The number of benzene rings is 1. The second-order valence-corrected chi connectivity index (χ2v) is 8.12. The monoisotopic (exact) mass is 403 g/mol. The lowest BCUT2D eigenvalue weighted by Crippen LogP contribution is -2.23. The van der Waals surface area contributed by atoms with Crippen LogP contribution in [0.3, 0.4) is 0 Å². The van der Waals surface area contributed by atoms with Crippen molar-refractivity contribution in [2.24, 2.45) is 13.0 Å².